The fourth-order valence-electron chi connectivity index (χ4n) is 2.61. The molecule has 0 aliphatic carbocycles. The highest BCUT2D eigenvalue weighted by atomic mass is 32.1. The van der Waals surface area contributed by atoms with E-state index in [1.54, 1.807) is 28.3 Å². The van der Waals surface area contributed by atoms with Crippen molar-refractivity contribution >= 4 is 33.1 Å². The summed E-state index contributed by atoms with van der Waals surface area (Å²) in [5.74, 6) is 2.10. The number of benzene rings is 1. The Kier molecular flexibility index (Phi) is 4.69. The van der Waals surface area contributed by atoms with E-state index in [2.05, 4.69) is 16.0 Å². The summed E-state index contributed by atoms with van der Waals surface area (Å²) in [6.07, 6.45) is 5.43. The Morgan fingerprint density at radius 1 is 1.46 bits per heavy atom. The first-order chi connectivity index (χ1) is 12.4. The third-order valence-electron chi connectivity index (χ3n) is 3.74. The molecule has 8 nitrogen and oxygen atoms in total. The van der Waals surface area contributed by atoms with Crippen molar-refractivity contribution in [1.82, 2.24) is 14.3 Å². The van der Waals surface area contributed by atoms with Crippen LogP contribution < -0.4 is 4.80 Å². The van der Waals surface area contributed by atoms with Gasteiger partial charge in [0.1, 0.15) is 5.69 Å². The topological polar surface area (TPSA) is 95.3 Å². The maximum absolute atomic E-state index is 12.6. The van der Waals surface area contributed by atoms with Crippen molar-refractivity contribution in [3.8, 4) is 12.3 Å². The van der Waals surface area contributed by atoms with Gasteiger partial charge in [0.25, 0.3) is 11.6 Å². The zero-order valence-corrected chi connectivity index (χ0v) is 15.0. The third-order valence-corrected chi connectivity index (χ3v) is 4.79. The minimum absolute atomic E-state index is 0.0239. The molecule has 0 bridgehead atoms. The van der Waals surface area contributed by atoms with E-state index < -0.39 is 10.8 Å². The largest absolute Gasteiger partial charge is 0.305 e. The van der Waals surface area contributed by atoms with Gasteiger partial charge in [-0.2, -0.15) is 10.1 Å². The van der Waals surface area contributed by atoms with E-state index in [0.717, 1.165) is 5.69 Å². The fourth-order valence-corrected chi connectivity index (χ4v) is 3.67. The molecule has 0 fully saturated rings. The SMILES string of the molecule is C#CCn1c(=NC(=O)c2cc(C)nn2CC)sc2cc([N+](=O)[O-])ccc21. The van der Waals surface area contributed by atoms with Crippen molar-refractivity contribution in [2.75, 3.05) is 0 Å². The highest BCUT2D eigenvalue weighted by molar-refractivity contribution is 7.16. The van der Waals surface area contributed by atoms with Crippen LogP contribution in [0.3, 0.4) is 0 Å². The molecule has 3 rings (SSSR count). The number of aryl methyl sites for hydroxylation is 2. The molecule has 0 unspecified atom stereocenters. The van der Waals surface area contributed by atoms with Crippen LogP contribution in [0.5, 0.6) is 0 Å². The van der Waals surface area contributed by atoms with E-state index in [9.17, 15) is 14.9 Å². The van der Waals surface area contributed by atoms with Crippen LogP contribution in [0.2, 0.25) is 0 Å². The Hall–Kier alpha value is -3.25. The molecule has 0 saturated carbocycles. The van der Waals surface area contributed by atoms with Crippen LogP contribution >= 0.6 is 11.3 Å². The first-order valence-corrected chi connectivity index (χ1v) is 8.61. The summed E-state index contributed by atoms with van der Waals surface area (Å²) in [6.45, 7) is 4.45. The van der Waals surface area contributed by atoms with Crippen molar-refractivity contribution in [1.29, 1.82) is 0 Å². The molecule has 2 aromatic heterocycles. The summed E-state index contributed by atoms with van der Waals surface area (Å²) in [6, 6.07) is 6.16. The number of hydrogen-bond donors (Lipinski definition) is 0. The number of amides is 1. The van der Waals surface area contributed by atoms with Crippen LogP contribution in [-0.2, 0) is 13.1 Å². The second-order valence-electron chi connectivity index (χ2n) is 5.49. The minimum Gasteiger partial charge on any atom is -0.305 e. The number of thiazole rings is 1. The number of aromatic nitrogens is 3. The van der Waals surface area contributed by atoms with Crippen molar-refractivity contribution in [3.05, 3.63) is 50.6 Å². The number of hydrogen-bond acceptors (Lipinski definition) is 5. The Balaban J connectivity index is 2.17. The lowest BCUT2D eigenvalue weighted by atomic mass is 10.3. The lowest BCUT2D eigenvalue weighted by Gasteiger charge is -2.01. The molecule has 0 N–H and O–H groups in total. The normalized spacial score (nSPS) is 11.7. The molecule has 2 heterocycles. The molecule has 132 valence electrons. The van der Waals surface area contributed by atoms with E-state index in [4.69, 9.17) is 6.42 Å². The summed E-state index contributed by atoms with van der Waals surface area (Å²) in [4.78, 5) is 27.7. The zero-order chi connectivity index (χ0) is 18.8. The van der Waals surface area contributed by atoms with Gasteiger partial charge in [-0.15, -0.1) is 6.42 Å². The number of nitro benzene ring substituents is 1. The number of carbonyl (C=O) groups is 1. The van der Waals surface area contributed by atoms with Gasteiger partial charge in [0, 0.05) is 18.7 Å². The van der Waals surface area contributed by atoms with Gasteiger partial charge in [-0.05, 0) is 26.0 Å². The van der Waals surface area contributed by atoms with Gasteiger partial charge in [0.15, 0.2) is 4.80 Å². The van der Waals surface area contributed by atoms with Gasteiger partial charge in [0.05, 0.1) is 27.4 Å². The van der Waals surface area contributed by atoms with Crippen molar-refractivity contribution in [2.45, 2.75) is 26.9 Å². The second kappa shape index (κ2) is 6.93. The Labute approximate surface area is 152 Å². The predicted octanol–water partition coefficient (Wildman–Crippen LogP) is 2.51. The first-order valence-electron chi connectivity index (χ1n) is 7.79. The van der Waals surface area contributed by atoms with Crippen LogP contribution in [0.15, 0.2) is 29.3 Å². The summed E-state index contributed by atoms with van der Waals surface area (Å²) in [5.41, 5.74) is 1.80. The quantitative estimate of drug-likeness (QED) is 0.401. The van der Waals surface area contributed by atoms with Gasteiger partial charge < -0.3 is 4.57 Å². The molecule has 1 aromatic carbocycles. The number of carbonyl (C=O) groups excluding carboxylic acids is 1. The van der Waals surface area contributed by atoms with E-state index >= 15 is 0 Å². The minimum atomic E-state index is -0.463. The number of terminal acetylenes is 1. The number of fused-ring (bicyclic) bond motifs is 1. The van der Waals surface area contributed by atoms with E-state index in [-0.39, 0.29) is 12.2 Å². The summed E-state index contributed by atoms with van der Waals surface area (Å²) < 4.78 is 3.92. The molecule has 0 aliphatic heterocycles. The number of non-ortho nitro benzene ring substituents is 1. The highest BCUT2D eigenvalue weighted by Gasteiger charge is 2.15. The lowest BCUT2D eigenvalue weighted by Crippen LogP contribution is -2.18. The molecule has 0 atom stereocenters. The van der Waals surface area contributed by atoms with Gasteiger partial charge in [-0.1, -0.05) is 17.3 Å². The van der Waals surface area contributed by atoms with E-state index in [1.165, 1.54) is 23.5 Å². The number of nitro groups is 1. The molecule has 9 heteroatoms. The summed E-state index contributed by atoms with van der Waals surface area (Å²) in [7, 11) is 0. The standard InChI is InChI=1S/C17H15N5O3S/c1-4-8-20-13-7-6-12(22(24)25)10-15(13)26-17(20)18-16(23)14-9-11(3)19-21(14)5-2/h1,6-7,9-10H,5,8H2,2-3H3. The zero-order valence-electron chi connectivity index (χ0n) is 14.2. The van der Waals surface area contributed by atoms with Crippen molar-refractivity contribution < 1.29 is 9.72 Å². The number of rotatable bonds is 4. The molecule has 0 aliphatic rings. The first kappa shape index (κ1) is 17.6. The number of nitrogens with zero attached hydrogens (tertiary/aromatic N) is 5. The molecule has 1 amide bonds. The Bertz CT molecular complexity index is 1130. The maximum Gasteiger partial charge on any atom is 0.297 e. The average Bonchev–Trinajstić information content (AvgIpc) is 3.15. The molecule has 0 radical (unpaired) electrons. The van der Waals surface area contributed by atoms with Gasteiger partial charge in [-0.25, -0.2) is 0 Å². The molecular formula is C17H15N5O3S. The molecule has 0 spiro atoms. The Morgan fingerprint density at radius 3 is 2.88 bits per heavy atom. The smallest absolute Gasteiger partial charge is 0.297 e. The van der Waals surface area contributed by atoms with E-state index in [0.29, 0.717) is 27.3 Å². The van der Waals surface area contributed by atoms with E-state index in [1.807, 2.05) is 6.92 Å². The maximum atomic E-state index is 12.6. The van der Waals surface area contributed by atoms with Crippen molar-refractivity contribution in [3.63, 3.8) is 0 Å². The fraction of sp³-hybridized carbons (Fsp3) is 0.235. The van der Waals surface area contributed by atoms with Crippen LogP contribution in [0.1, 0.15) is 23.1 Å². The summed E-state index contributed by atoms with van der Waals surface area (Å²) >= 11 is 1.18. The summed E-state index contributed by atoms with van der Waals surface area (Å²) in [5, 5.41) is 15.2. The highest BCUT2D eigenvalue weighted by Crippen LogP contribution is 2.23. The monoisotopic (exact) mass is 369 g/mol. The second-order valence-corrected chi connectivity index (χ2v) is 6.50. The van der Waals surface area contributed by atoms with Crippen LogP contribution in [0.25, 0.3) is 10.2 Å². The van der Waals surface area contributed by atoms with Crippen LogP contribution in [-0.4, -0.2) is 25.2 Å². The molecule has 26 heavy (non-hydrogen) atoms. The molecule has 3 aromatic rings. The Morgan fingerprint density at radius 2 is 2.23 bits per heavy atom. The molecule has 0 saturated heterocycles. The van der Waals surface area contributed by atoms with Gasteiger partial charge >= 0.3 is 0 Å². The average molecular weight is 369 g/mol. The van der Waals surface area contributed by atoms with Crippen molar-refractivity contribution in [2.24, 2.45) is 4.99 Å². The van der Waals surface area contributed by atoms with Crippen LogP contribution in [0.4, 0.5) is 5.69 Å². The van der Waals surface area contributed by atoms with Gasteiger partial charge in [0.2, 0.25) is 0 Å². The predicted molar refractivity (Wildman–Crippen MR) is 97.8 cm³/mol. The third kappa shape index (κ3) is 3.14. The lowest BCUT2D eigenvalue weighted by molar-refractivity contribution is -0.384. The van der Waals surface area contributed by atoms with Gasteiger partial charge in [-0.3, -0.25) is 19.6 Å². The van der Waals surface area contributed by atoms with Crippen LogP contribution in [0, 0.1) is 29.4 Å². The molecular weight excluding hydrogens is 354 g/mol.